The molecule has 2 aromatic heterocycles. The summed E-state index contributed by atoms with van der Waals surface area (Å²) in [4.78, 5) is 31.5. The van der Waals surface area contributed by atoms with Crippen LogP contribution in [0.4, 0.5) is 0 Å². The van der Waals surface area contributed by atoms with E-state index in [2.05, 4.69) is 25.5 Å². The van der Waals surface area contributed by atoms with Gasteiger partial charge in [0.05, 0.1) is 0 Å². The van der Waals surface area contributed by atoms with Crippen molar-refractivity contribution in [1.29, 1.82) is 0 Å². The van der Waals surface area contributed by atoms with Crippen LogP contribution < -0.4 is 5.32 Å². The first-order chi connectivity index (χ1) is 11.1. The van der Waals surface area contributed by atoms with Crippen molar-refractivity contribution in [2.24, 2.45) is 5.10 Å². The highest BCUT2D eigenvalue weighted by molar-refractivity contribution is 6.39. The molecular formula is C14H15N7O2. The summed E-state index contributed by atoms with van der Waals surface area (Å²) in [7, 11) is 1.54. The third-order valence-electron chi connectivity index (χ3n) is 3.39. The van der Waals surface area contributed by atoms with Crippen LogP contribution in [0.3, 0.4) is 0 Å². The van der Waals surface area contributed by atoms with Gasteiger partial charge in [-0.05, 0) is 11.6 Å². The lowest BCUT2D eigenvalue weighted by atomic mass is 10.1. The van der Waals surface area contributed by atoms with Crippen molar-refractivity contribution in [1.82, 2.24) is 30.1 Å². The van der Waals surface area contributed by atoms with Crippen LogP contribution in [0.2, 0.25) is 0 Å². The standard InChI is InChI=1S/C14H15N7O2/c1-20-13(22)5-3-11(19-20)14(23)17-7-10-2-4-12(16-6-10)21-9-15-8-18-21/h2,4,6,8-9H,3,5,7H2,1H3,(H,17,23). The third-order valence-corrected chi connectivity index (χ3v) is 3.39. The van der Waals surface area contributed by atoms with Gasteiger partial charge in [0, 0.05) is 32.6 Å². The van der Waals surface area contributed by atoms with Crippen LogP contribution in [0, 0.1) is 0 Å². The molecule has 0 saturated heterocycles. The van der Waals surface area contributed by atoms with E-state index < -0.39 is 0 Å². The maximum atomic E-state index is 12.1. The first-order valence-electron chi connectivity index (χ1n) is 7.05. The van der Waals surface area contributed by atoms with Crippen LogP contribution in [-0.4, -0.2) is 49.3 Å². The van der Waals surface area contributed by atoms with E-state index in [4.69, 9.17) is 0 Å². The number of nitrogens with one attached hydrogen (secondary N) is 1. The van der Waals surface area contributed by atoms with E-state index in [-0.39, 0.29) is 11.8 Å². The lowest BCUT2D eigenvalue weighted by Gasteiger charge is -2.18. The molecule has 0 aromatic carbocycles. The zero-order valence-corrected chi connectivity index (χ0v) is 12.5. The number of hydrazone groups is 1. The number of amides is 2. The number of aromatic nitrogens is 4. The van der Waals surface area contributed by atoms with Gasteiger partial charge in [-0.25, -0.2) is 19.7 Å². The van der Waals surface area contributed by atoms with Crippen LogP contribution in [0.15, 0.2) is 36.1 Å². The molecule has 9 heteroatoms. The molecule has 0 aliphatic carbocycles. The summed E-state index contributed by atoms with van der Waals surface area (Å²) in [5.41, 5.74) is 1.21. The van der Waals surface area contributed by atoms with Gasteiger partial charge < -0.3 is 5.32 Å². The fourth-order valence-corrected chi connectivity index (χ4v) is 2.10. The SMILES string of the molecule is CN1N=C(C(=O)NCc2ccc(-n3cncn3)nc2)CCC1=O. The number of nitrogens with zero attached hydrogens (tertiary/aromatic N) is 6. The minimum absolute atomic E-state index is 0.0885. The minimum atomic E-state index is -0.273. The van der Waals surface area contributed by atoms with E-state index in [9.17, 15) is 9.59 Å². The van der Waals surface area contributed by atoms with E-state index in [1.165, 1.54) is 11.3 Å². The summed E-state index contributed by atoms with van der Waals surface area (Å²) >= 11 is 0. The summed E-state index contributed by atoms with van der Waals surface area (Å²) < 4.78 is 1.55. The predicted octanol–water partition coefficient (Wildman–Crippen LogP) is -0.113. The Balaban J connectivity index is 1.59. The second-order valence-electron chi connectivity index (χ2n) is 5.01. The normalized spacial score (nSPS) is 14.6. The molecule has 1 aliphatic rings. The monoisotopic (exact) mass is 313 g/mol. The second-order valence-corrected chi connectivity index (χ2v) is 5.01. The number of carbonyl (C=O) groups is 2. The maximum absolute atomic E-state index is 12.1. The molecule has 0 unspecified atom stereocenters. The number of carbonyl (C=O) groups excluding carboxylic acids is 2. The Kier molecular flexibility index (Phi) is 4.09. The highest BCUT2D eigenvalue weighted by Gasteiger charge is 2.21. The molecule has 23 heavy (non-hydrogen) atoms. The van der Waals surface area contributed by atoms with Crippen molar-refractivity contribution < 1.29 is 9.59 Å². The highest BCUT2D eigenvalue weighted by Crippen LogP contribution is 2.08. The molecule has 0 fully saturated rings. The first-order valence-corrected chi connectivity index (χ1v) is 7.05. The van der Waals surface area contributed by atoms with E-state index in [0.717, 1.165) is 5.56 Å². The van der Waals surface area contributed by atoms with Gasteiger partial charge >= 0.3 is 0 Å². The van der Waals surface area contributed by atoms with Crippen LogP contribution in [0.25, 0.3) is 5.82 Å². The molecule has 2 aromatic rings. The fourth-order valence-electron chi connectivity index (χ4n) is 2.10. The highest BCUT2D eigenvalue weighted by atomic mass is 16.2. The minimum Gasteiger partial charge on any atom is -0.347 e. The van der Waals surface area contributed by atoms with Crippen LogP contribution in [0.5, 0.6) is 0 Å². The van der Waals surface area contributed by atoms with Gasteiger partial charge in [-0.3, -0.25) is 9.59 Å². The fraction of sp³-hybridized carbons (Fsp3) is 0.286. The molecule has 0 radical (unpaired) electrons. The molecule has 9 nitrogen and oxygen atoms in total. The molecule has 3 rings (SSSR count). The first kappa shape index (κ1) is 14.8. The van der Waals surface area contributed by atoms with Gasteiger partial charge in [-0.15, -0.1) is 0 Å². The van der Waals surface area contributed by atoms with Gasteiger partial charge in [-0.1, -0.05) is 6.07 Å². The average Bonchev–Trinajstić information content (AvgIpc) is 3.10. The van der Waals surface area contributed by atoms with Crippen LogP contribution in [0.1, 0.15) is 18.4 Å². The lowest BCUT2D eigenvalue weighted by molar-refractivity contribution is -0.130. The summed E-state index contributed by atoms with van der Waals surface area (Å²) in [5.74, 6) is 0.286. The largest absolute Gasteiger partial charge is 0.347 e. The molecule has 1 N–H and O–H groups in total. The Morgan fingerprint density at radius 1 is 1.35 bits per heavy atom. The molecule has 118 valence electrons. The number of rotatable bonds is 4. The van der Waals surface area contributed by atoms with Crippen molar-refractivity contribution in [3.63, 3.8) is 0 Å². The number of pyridine rings is 1. The average molecular weight is 313 g/mol. The van der Waals surface area contributed by atoms with Crippen molar-refractivity contribution in [2.75, 3.05) is 7.05 Å². The smallest absolute Gasteiger partial charge is 0.267 e. The Labute approximate surface area is 132 Å². The van der Waals surface area contributed by atoms with E-state index in [0.29, 0.717) is 30.9 Å². The molecule has 0 saturated carbocycles. The van der Waals surface area contributed by atoms with Crippen molar-refractivity contribution in [3.05, 3.63) is 36.5 Å². The molecule has 2 amide bonds. The molecule has 0 atom stereocenters. The van der Waals surface area contributed by atoms with Crippen molar-refractivity contribution in [3.8, 4) is 5.82 Å². The number of hydrogen-bond donors (Lipinski definition) is 1. The molecule has 0 spiro atoms. The van der Waals surface area contributed by atoms with Crippen molar-refractivity contribution in [2.45, 2.75) is 19.4 Å². The Morgan fingerprint density at radius 2 is 2.22 bits per heavy atom. The van der Waals surface area contributed by atoms with E-state index >= 15 is 0 Å². The van der Waals surface area contributed by atoms with E-state index in [1.54, 1.807) is 30.3 Å². The Hall–Kier alpha value is -3.10. The quantitative estimate of drug-likeness (QED) is 0.847. The van der Waals surface area contributed by atoms with E-state index in [1.807, 2.05) is 6.07 Å². The molecule has 0 bridgehead atoms. The second kappa shape index (κ2) is 6.34. The summed E-state index contributed by atoms with van der Waals surface area (Å²) in [6.45, 7) is 0.333. The number of hydrogen-bond acceptors (Lipinski definition) is 6. The lowest BCUT2D eigenvalue weighted by Crippen LogP contribution is -2.37. The Bertz CT molecular complexity index is 737. The van der Waals surface area contributed by atoms with Crippen LogP contribution in [-0.2, 0) is 16.1 Å². The van der Waals surface area contributed by atoms with Gasteiger partial charge in [0.15, 0.2) is 5.82 Å². The predicted molar refractivity (Wildman–Crippen MR) is 80.4 cm³/mol. The van der Waals surface area contributed by atoms with Crippen molar-refractivity contribution >= 4 is 17.5 Å². The zero-order chi connectivity index (χ0) is 16.2. The Morgan fingerprint density at radius 3 is 2.87 bits per heavy atom. The summed E-state index contributed by atoms with van der Waals surface area (Å²) in [6.07, 6.45) is 5.32. The van der Waals surface area contributed by atoms with Gasteiger partial charge in [-0.2, -0.15) is 10.2 Å². The third kappa shape index (κ3) is 3.39. The molecule has 1 aliphatic heterocycles. The van der Waals surface area contributed by atoms with Gasteiger partial charge in [0.25, 0.3) is 5.91 Å². The van der Waals surface area contributed by atoms with Crippen LogP contribution >= 0.6 is 0 Å². The van der Waals surface area contributed by atoms with Gasteiger partial charge in [0.1, 0.15) is 18.4 Å². The summed E-state index contributed by atoms with van der Waals surface area (Å²) in [6, 6.07) is 3.64. The zero-order valence-electron chi connectivity index (χ0n) is 12.5. The maximum Gasteiger partial charge on any atom is 0.267 e. The molecular weight excluding hydrogens is 298 g/mol. The topological polar surface area (TPSA) is 105 Å². The van der Waals surface area contributed by atoms with Gasteiger partial charge in [0.2, 0.25) is 5.91 Å². The summed E-state index contributed by atoms with van der Waals surface area (Å²) in [5, 5.41) is 11.9. The molecule has 3 heterocycles.